The number of H-pyrrole nitrogens is 1. The molecule has 5 nitrogen and oxygen atoms in total. The van der Waals surface area contributed by atoms with Crippen molar-refractivity contribution in [1.29, 1.82) is 0 Å². The van der Waals surface area contributed by atoms with Gasteiger partial charge in [0.05, 0.1) is 11.0 Å². The summed E-state index contributed by atoms with van der Waals surface area (Å²) in [4.78, 5) is 18.4. The van der Waals surface area contributed by atoms with Crippen molar-refractivity contribution in [2.45, 2.75) is 18.6 Å². The molecular weight excluding hydrogens is 275 g/mol. The number of carbonyl (C=O) groups is 1. The molecule has 0 bridgehead atoms. The second-order valence-corrected chi connectivity index (χ2v) is 4.25. The molecule has 0 amide bonds. The standard InChI is InChI=1S/C12H12F3N3O2/c13-12(14,15)6-20-11(19)8(16)4-7-5-18-9-2-1-3-17-10(7)9/h1-3,5,8,18H,4,6,16H2/t8-/m0/s1. The highest BCUT2D eigenvalue weighted by Gasteiger charge is 2.31. The molecule has 0 spiro atoms. The molecule has 2 heterocycles. The predicted octanol–water partition coefficient (Wildman–Crippen LogP) is 1.54. The Kier molecular flexibility index (Phi) is 3.93. The van der Waals surface area contributed by atoms with Crippen LogP contribution in [0.3, 0.4) is 0 Å². The molecule has 8 heteroatoms. The molecule has 2 aromatic rings. The van der Waals surface area contributed by atoms with Gasteiger partial charge in [0.1, 0.15) is 6.04 Å². The van der Waals surface area contributed by atoms with Crippen molar-refractivity contribution in [2.24, 2.45) is 5.73 Å². The Morgan fingerprint density at radius 1 is 1.50 bits per heavy atom. The van der Waals surface area contributed by atoms with Crippen LogP contribution in [0, 0.1) is 0 Å². The number of nitrogens with zero attached hydrogens (tertiary/aromatic N) is 1. The maximum absolute atomic E-state index is 11.9. The van der Waals surface area contributed by atoms with Crippen molar-refractivity contribution in [1.82, 2.24) is 9.97 Å². The Morgan fingerprint density at radius 2 is 2.25 bits per heavy atom. The maximum atomic E-state index is 11.9. The van der Waals surface area contributed by atoms with Crippen LogP contribution >= 0.6 is 0 Å². The van der Waals surface area contributed by atoms with Gasteiger partial charge in [-0.05, 0) is 17.7 Å². The van der Waals surface area contributed by atoms with E-state index in [0.717, 1.165) is 5.52 Å². The van der Waals surface area contributed by atoms with Crippen molar-refractivity contribution in [3.63, 3.8) is 0 Å². The lowest BCUT2D eigenvalue weighted by molar-refractivity contribution is -0.187. The van der Waals surface area contributed by atoms with Crippen LogP contribution in [0.4, 0.5) is 13.2 Å². The summed E-state index contributed by atoms with van der Waals surface area (Å²) in [5, 5.41) is 0. The van der Waals surface area contributed by atoms with Gasteiger partial charge in [-0.2, -0.15) is 13.2 Å². The first-order valence-corrected chi connectivity index (χ1v) is 5.77. The number of hydrogen-bond acceptors (Lipinski definition) is 4. The second-order valence-electron chi connectivity index (χ2n) is 4.25. The van der Waals surface area contributed by atoms with Crippen LogP contribution in [0.5, 0.6) is 0 Å². The molecule has 108 valence electrons. The van der Waals surface area contributed by atoms with E-state index in [9.17, 15) is 18.0 Å². The van der Waals surface area contributed by atoms with Crippen molar-refractivity contribution >= 4 is 17.0 Å². The molecule has 0 aliphatic carbocycles. The molecule has 2 rings (SSSR count). The minimum Gasteiger partial charge on any atom is -0.455 e. The average molecular weight is 287 g/mol. The average Bonchev–Trinajstić information content (AvgIpc) is 2.78. The van der Waals surface area contributed by atoms with Gasteiger partial charge in [-0.3, -0.25) is 9.78 Å². The topological polar surface area (TPSA) is 81.0 Å². The van der Waals surface area contributed by atoms with E-state index < -0.39 is 24.8 Å². The second kappa shape index (κ2) is 5.49. The molecule has 0 radical (unpaired) electrons. The van der Waals surface area contributed by atoms with Gasteiger partial charge in [-0.1, -0.05) is 0 Å². The Labute approximate surface area is 111 Å². The van der Waals surface area contributed by atoms with Crippen LogP contribution in [0.2, 0.25) is 0 Å². The molecule has 0 aliphatic rings. The number of carbonyl (C=O) groups excluding carboxylic acids is 1. The summed E-state index contributed by atoms with van der Waals surface area (Å²) in [7, 11) is 0. The number of halogens is 3. The highest BCUT2D eigenvalue weighted by atomic mass is 19.4. The monoisotopic (exact) mass is 287 g/mol. The van der Waals surface area contributed by atoms with Gasteiger partial charge in [-0.25, -0.2) is 0 Å². The summed E-state index contributed by atoms with van der Waals surface area (Å²) in [5.74, 6) is -1.09. The Balaban J connectivity index is 2.00. The highest BCUT2D eigenvalue weighted by Crippen LogP contribution is 2.17. The fraction of sp³-hybridized carbons (Fsp3) is 0.333. The van der Waals surface area contributed by atoms with Gasteiger partial charge in [-0.15, -0.1) is 0 Å². The quantitative estimate of drug-likeness (QED) is 0.836. The number of nitrogens with one attached hydrogen (secondary N) is 1. The minimum atomic E-state index is -4.56. The number of ether oxygens (including phenoxy) is 1. The van der Waals surface area contributed by atoms with Crippen molar-refractivity contribution < 1.29 is 22.7 Å². The number of pyridine rings is 1. The predicted molar refractivity (Wildman–Crippen MR) is 64.8 cm³/mol. The van der Waals surface area contributed by atoms with Gasteiger partial charge in [0.2, 0.25) is 0 Å². The van der Waals surface area contributed by atoms with Crippen molar-refractivity contribution in [3.05, 3.63) is 30.1 Å². The molecule has 0 saturated carbocycles. The third kappa shape index (κ3) is 3.47. The Hall–Kier alpha value is -2.09. The molecule has 0 aliphatic heterocycles. The van der Waals surface area contributed by atoms with E-state index in [4.69, 9.17) is 5.73 Å². The van der Waals surface area contributed by atoms with Gasteiger partial charge < -0.3 is 15.5 Å². The lowest BCUT2D eigenvalue weighted by atomic mass is 10.1. The zero-order chi connectivity index (χ0) is 14.8. The largest absolute Gasteiger partial charge is 0.455 e. The summed E-state index contributed by atoms with van der Waals surface area (Å²) in [6.45, 7) is -1.63. The summed E-state index contributed by atoms with van der Waals surface area (Å²) in [5.41, 5.74) is 7.59. The third-order valence-electron chi connectivity index (χ3n) is 2.63. The van der Waals surface area contributed by atoms with Crippen LogP contribution in [0.1, 0.15) is 5.56 Å². The van der Waals surface area contributed by atoms with Gasteiger partial charge >= 0.3 is 12.1 Å². The summed E-state index contributed by atoms with van der Waals surface area (Å²) in [6, 6.07) is 2.36. The lowest BCUT2D eigenvalue weighted by Crippen LogP contribution is -2.36. The molecule has 3 N–H and O–H groups in total. The zero-order valence-electron chi connectivity index (χ0n) is 10.3. The molecule has 0 aromatic carbocycles. The first kappa shape index (κ1) is 14.3. The number of rotatable bonds is 4. The number of hydrogen-bond donors (Lipinski definition) is 2. The van der Waals surface area contributed by atoms with Crippen LogP contribution < -0.4 is 5.73 Å². The van der Waals surface area contributed by atoms with Crippen molar-refractivity contribution in [3.8, 4) is 0 Å². The van der Waals surface area contributed by atoms with Crippen LogP contribution in [0.25, 0.3) is 11.0 Å². The highest BCUT2D eigenvalue weighted by molar-refractivity contribution is 5.81. The molecule has 2 aromatic heterocycles. The number of aromatic nitrogens is 2. The number of esters is 1. The molecule has 20 heavy (non-hydrogen) atoms. The number of alkyl halides is 3. The minimum absolute atomic E-state index is 0.0493. The van der Waals surface area contributed by atoms with Gasteiger partial charge in [0.15, 0.2) is 6.61 Å². The Morgan fingerprint density at radius 3 is 2.95 bits per heavy atom. The fourth-order valence-corrected chi connectivity index (χ4v) is 1.75. The zero-order valence-corrected chi connectivity index (χ0v) is 10.3. The van der Waals surface area contributed by atoms with E-state index >= 15 is 0 Å². The molecule has 1 atom stereocenters. The number of aromatic amines is 1. The summed E-state index contributed by atoms with van der Waals surface area (Å²) in [6.07, 6.45) is -1.31. The maximum Gasteiger partial charge on any atom is 0.422 e. The Bertz CT molecular complexity index is 609. The van der Waals surface area contributed by atoms with Crippen LogP contribution in [0.15, 0.2) is 24.5 Å². The molecule has 0 fully saturated rings. The van der Waals surface area contributed by atoms with E-state index in [1.807, 2.05) is 0 Å². The number of fused-ring (bicyclic) bond motifs is 1. The van der Waals surface area contributed by atoms with Gasteiger partial charge in [0.25, 0.3) is 0 Å². The fourth-order valence-electron chi connectivity index (χ4n) is 1.75. The molecule has 0 unspecified atom stereocenters. The first-order chi connectivity index (χ1) is 9.37. The van der Waals surface area contributed by atoms with Crippen LogP contribution in [-0.4, -0.2) is 34.8 Å². The summed E-state index contributed by atoms with van der Waals surface area (Å²) >= 11 is 0. The summed E-state index contributed by atoms with van der Waals surface area (Å²) < 4.78 is 39.9. The van der Waals surface area contributed by atoms with E-state index in [-0.39, 0.29) is 6.42 Å². The van der Waals surface area contributed by atoms with Crippen molar-refractivity contribution in [2.75, 3.05) is 6.61 Å². The SMILES string of the molecule is N[C@@H](Cc1c[nH]c2cccnc12)C(=O)OCC(F)(F)F. The van der Waals surface area contributed by atoms with E-state index in [0.29, 0.717) is 11.1 Å². The molecular formula is C12H12F3N3O2. The third-order valence-corrected chi connectivity index (χ3v) is 2.63. The normalized spacial score (nSPS) is 13.4. The van der Waals surface area contributed by atoms with E-state index in [1.54, 1.807) is 24.5 Å². The van der Waals surface area contributed by atoms with Crippen LogP contribution in [-0.2, 0) is 16.0 Å². The number of nitrogens with two attached hydrogens (primary N) is 1. The van der Waals surface area contributed by atoms with E-state index in [2.05, 4.69) is 14.7 Å². The molecule has 0 saturated heterocycles. The smallest absolute Gasteiger partial charge is 0.422 e. The van der Waals surface area contributed by atoms with Gasteiger partial charge in [0, 0.05) is 18.8 Å². The lowest BCUT2D eigenvalue weighted by Gasteiger charge is -2.12. The first-order valence-electron chi connectivity index (χ1n) is 5.77. The van der Waals surface area contributed by atoms with E-state index in [1.165, 1.54) is 0 Å².